The zero-order chi connectivity index (χ0) is 18.1. The van der Waals surface area contributed by atoms with Crippen molar-refractivity contribution in [1.82, 2.24) is 10.9 Å². The summed E-state index contributed by atoms with van der Waals surface area (Å²) in [7, 11) is 0. The van der Waals surface area contributed by atoms with Crippen molar-refractivity contribution in [3.05, 3.63) is 29.3 Å². The Morgan fingerprint density at radius 2 is 1.42 bits per heavy atom. The van der Waals surface area contributed by atoms with Gasteiger partial charge in [-0.05, 0) is 25.5 Å². The Hall–Kier alpha value is -2.90. The average Bonchev–Trinajstić information content (AvgIpc) is 2.51. The van der Waals surface area contributed by atoms with Gasteiger partial charge in [-0.3, -0.25) is 30.0 Å². The molecule has 0 unspecified atom stereocenters. The summed E-state index contributed by atoms with van der Waals surface area (Å²) < 4.78 is 0. The number of carboxylic acids is 1. The molecule has 0 aliphatic heterocycles. The van der Waals surface area contributed by atoms with Crippen molar-refractivity contribution in [2.45, 2.75) is 39.5 Å². The van der Waals surface area contributed by atoms with E-state index in [1.165, 1.54) is 0 Å². The van der Waals surface area contributed by atoms with E-state index < -0.39 is 17.8 Å². The van der Waals surface area contributed by atoms with Crippen LogP contribution in [0.2, 0.25) is 0 Å². The van der Waals surface area contributed by atoms with Crippen LogP contribution in [0, 0.1) is 13.8 Å². The smallest absolute Gasteiger partial charge is 0.303 e. The maximum absolute atomic E-state index is 11.8. The van der Waals surface area contributed by atoms with Crippen molar-refractivity contribution in [1.29, 1.82) is 0 Å². The third-order valence-corrected chi connectivity index (χ3v) is 3.14. The number of aliphatic carboxylic acids is 1. The van der Waals surface area contributed by atoms with Crippen LogP contribution in [0.25, 0.3) is 0 Å². The molecule has 0 aromatic heterocycles. The molecule has 24 heavy (non-hydrogen) atoms. The first kappa shape index (κ1) is 19.1. The van der Waals surface area contributed by atoms with Crippen molar-refractivity contribution in [3.8, 4) is 0 Å². The number of carbonyl (C=O) groups is 4. The Bertz CT molecular complexity index is 643. The van der Waals surface area contributed by atoms with E-state index in [2.05, 4.69) is 16.2 Å². The summed E-state index contributed by atoms with van der Waals surface area (Å²) in [5.74, 6) is -2.55. The number of hydrogen-bond acceptors (Lipinski definition) is 4. The average molecular weight is 335 g/mol. The number of carboxylic acid groups (broad SMARTS) is 1. The summed E-state index contributed by atoms with van der Waals surface area (Å²) in [4.78, 5) is 44.9. The summed E-state index contributed by atoms with van der Waals surface area (Å²) in [5, 5.41) is 11.1. The number of aryl methyl sites for hydroxylation is 2. The Morgan fingerprint density at radius 3 is 1.96 bits per heavy atom. The number of amides is 3. The second kappa shape index (κ2) is 9.29. The van der Waals surface area contributed by atoms with Crippen LogP contribution in [0.1, 0.15) is 36.8 Å². The van der Waals surface area contributed by atoms with Crippen LogP contribution >= 0.6 is 0 Å². The van der Waals surface area contributed by atoms with Crippen LogP contribution in [0.3, 0.4) is 0 Å². The SMILES string of the molecule is Cc1ccc(NC(=O)CCC(=O)NNC(=O)CCC(=O)O)c(C)c1. The first-order chi connectivity index (χ1) is 11.3. The van der Waals surface area contributed by atoms with E-state index in [1.807, 2.05) is 26.0 Å². The van der Waals surface area contributed by atoms with Gasteiger partial charge in [0.05, 0.1) is 6.42 Å². The molecule has 8 nitrogen and oxygen atoms in total. The van der Waals surface area contributed by atoms with Crippen molar-refractivity contribution in [3.63, 3.8) is 0 Å². The first-order valence-corrected chi connectivity index (χ1v) is 7.44. The van der Waals surface area contributed by atoms with Gasteiger partial charge >= 0.3 is 5.97 Å². The zero-order valence-corrected chi connectivity index (χ0v) is 13.6. The number of nitrogens with one attached hydrogen (secondary N) is 3. The van der Waals surface area contributed by atoms with Crippen LogP contribution in [0.4, 0.5) is 5.69 Å². The summed E-state index contributed by atoms with van der Waals surface area (Å²) in [5.41, 5.74) is 6.93. The number of anilines is 1. The molecule has 1 aromatic carbocycles. The van der Waals surface area contributed by atoms with Crippen LogP contribution in [-0.2, 0) is 19.2 Å². The Labute approximate surface area is 139 Å². The molecule has 3 amide bonds. The molecule has 0 saturated heterocycles. The molecule has 0 heterocycles. The Balaban J connectivity index is 2.29. The normalized spacial score (nSPS) is 9.92. The third-order valence-electron chi connectivity index (χ3n) is 3.14. The fourth-order valence-corrected chi connectivity index (χ4v) is 1.88. The molecule has 0 fully saturated rings. The second-order valence-electron chi connectivity index (χ2n) is 5.36. The minimum Gasteiger partial charge on any atom is -0.481 e. The Morgan fingerprint density at radius 1 is 0.875 bits per heavy atom. The molecule has 130 valence electrons. The summed E-state index contributed by atoms with van der Waals surface area (Å²) >= 11 is 0. The maximum Gasteiger partial charge on any atom is 0.303 e. The number of hydrazine groups is 1. The first-order valence-electron chi connectivity index (χ1n) is 7.44. The molecular weight excluding hydrogens is 314 g/mol. The van der Waals surface area contributed by atoms with Gasteiger partial charge in [-0.25, -0.2) is 0 Å². The molecule has 0 aliphatic carbocycles. The molecular formula is C16H21N3O5. The highest BCUT2D eigenvalue weighted by atomic mass is 16.4. The van der Waals surface area contributed by atoms with Gasteiger partial charge in [0.25, 0.3) is 0 Å². The van der Waals surface area contributed by atoms with Crippen molar-refractivity contribution in [2.24, 2.45) is 0 Å². The van der Waals surface area contributed by atoms with E-state index in [4.69, 9.17) is 5.11 Å². The number of hydrogen-bond donors (Lipinski definition) is 4. The van der Waals surface area contributed by atoms with E-state index in [-0.39, 0.29) is 31.6 Å². The van der Waals surface area contributed by atoms with Gasteiger partial charge < -0.3 is 10.4 Å². The lowest BCUT2D eigenvalue weighted by atomic mass is 10.1. The zero-order valence-electron chi connectivity index (χ0n) is 13.6. The standard InChI is InChI=1S/C16H21N3O5/c1-10-3-4-12(11(2)9-10)17-13(20)5-6-14(21)18-19-15(22)7-8-16(23)24/h3-4,9H,5-8H2,1-2H3,(H,17,20)(H,18,21)(H,19,22)(H,23,24). The van der Waals surface area contributed by atoms with Crippen LogP contribution in [-0.4, -0.2) is 28.8 Å². The van der Waals surface area contributed by atoms with Crippen molar-refractivity contribution in [2.75, 3.05) is 5.32 Å². The molecule has 8 heteroatoms. The molecule has 0 radical (unpaired) electrons. The van der Waals surface area contributed by atoms with Gasteiger partial charge in [0.15, 0.2) is 0 Å². The molecule has 0 atom stereocenters. The molecule has 0 aliphatic rings. The molecule has 1 aromatic rings. The number of benzene rings is 1. The topological polar surface area (TPSA) is 125 Å². The highest BCUT2D eigenvalue weighted by Gasteiger charge is 2.10. The lowest BCUT2D eigenvalue weighted by molar-refractivity contribution is -0.139. The van der Waals surface area contributed by atoms with Gasteiger partial charge in [-0.1, -0.05) is 17.7 Å². The van der Waals surface area contributed by atoms with Crippen LogP contribution < -0.4 is 16.2 Å². The quantitative estimate of drug-likeness (QED) is 0.554. The number of carbonyl (C=O) groups excluding carboxylic acids is 3. The van der Waals surface area contributed by atoms with Gasteiger partial charge in [0.2, 0.25) is 17.7 Å². The lowest BCUT2D eigenvalue weighted by Gasteiger charge is -2.09. The lowest BCUT2D eigenvalue weighted by Crippen LogP contribution is -2.41. The van der Waals surface area contributed by atoms with Crippen LogP contribution in [0.5, 0.6) is 0 Å². The second-order valence-corrected chi connectivity index (χ2v) is 5.36. The van der Waals surface area contributed by atoms with Gasteiger partial charge in [-0.2, -0.15) is 0 Å². The van der Waals surface area contributed by atoms with Gasteiger partial charge in [0.1, 0.15) is 0 Å². The number of rotatable bonds is 7. The van der Waals surface area contributed by atoms with Gasteiger partial charge in [-0.15, -0.1) is 0 Å². The predicted octanol–water partition coefficient (Wildman–Crippen LogP) is 1.03. The Kier molecular flexibility index (Phi) is 7.41. The van der Waals surface area contributed by atoms with E-state index in [9.17, 15) is 19.2 Å². The fourth-order valence-electron chi connectivity index (χ4n) is 1.88. The summed E-state index contributed by atoms with van der Waals surface area (Å²) in [6.45, 7) is 3.83. The summed E-state index contributed by atoms with van der Waals surface area (Å²) in [6, 6.07) is 5.61. The van der Waals surface area contributed by atoms with Gasteiger partial charge in [0, 0.05) is 24.9 Å². The van der Waals surface area contributed by atoms with E-state index in [1.54, 1.807) is 6.07 Å². The molecule has 4 N–H and O–H groups in total. The highest BCUT2D eigenvalue weighted by molar-refractivity contribution is 5.94. The third kappa shape index (κ3) is 7.39. The summed E-state index contributed by atoms with van der Waals surface area (Å²) in [6.07, 6.45) is -0.692. The van der Waals surface area contributed by atoms with Crippen molar-refractivity contribution >= 4 is 29.4 Å². The maximum atomic E-state index is 11.8. The molecule has 0 saturated carbocycles. The minimum atomic E-state index is -1.10. The highest BCUT2D eigenvalue weighted by Crippen LogP contribution is 2.16. The minimum absolute atomic E-state index is 0.0376. The van der Waals surface area contributed by atoms with Crippen molar-refractivity contribution < 1.29 is 24.3 Å². The molecule has 0 bridgehead atoms. The largest absolute Gasteiger partial charge is 0.481 e. The van der Waals surface area contributed by atoms with Crippen LogP contribution in [0.15, 0.2) is 18.2 Å². The fraction of sp³-hybridized carbons (Fsp3) is 0.375. The van der Waals surface area contributed by atoms with E-state index in [0.717, 1.165) is 11.1 Å². The molecule has 1 rings (SSSR count). The van der Waals surface area contributed by atoms with E-state index >= 15 is 0 Å². The predicted molar refractivity (Wildman–Crippen MR) is 86.9 cm³/mol. The molecule has 0 spiro atoms. The van der Waals surface area contributed by atoms with E-state index in [0.29, 0.717) is 5.69 Å². The monoisotopic (exact) mass is 335 g/mol.